The summed E-state index contributed by atoms with van der Waals surface area (Å²) in [6.45, 7) is 0.928. The van der Waals surface area contributed by atoms with E-state index in [1.165, 1.54) is 0 Å². The molecule has 0 aromatic heterocycles. The monoisotopic (exact) mass is 385 g/mol. The van der Waals surface area contributed by atoms with Crippen molar-refractivity contribution in [2.45, 2.75) is 19.6 Å². The highest BCUT2D eigenvalue weighted by Crippen LogP contribution is 2.19. The molecule has 0 bridgehead atoms. The van der Waals surface area contributed by atoms with E-state index in [0.29, 0.717) is 13.2 Å². The minimum atomic E-state index is -0.637. The fraction of sp³-hybridized carbons (Fsp3) is 0.286. The first-order valence-electron chi connectivity index (χ1n) is 8.93. The number of benzene rings is 2. The van der Waals surface area contributed by atoms with Crippen LogP contribution < -0.4 is 10.1 Å². The van der Waals surface area contributed by atoms with Gasteiger partial charge in [-0.1, -0.05) is 42.5 Å². The topological polar surface area (TPSA) is 55.3 Å². The van der Waals surface area contributed by atoms with Gasteiger partial charge in [-0.25, -0.2) is 9.38 Å². The van der Waals surface area contributed by atoms with Gasteiger partial charge in [0.2, 0.25) is 6.35 Å². The van der Waals surface area contributed by atoms with Crippen molar-refractivity contribution in [2.24, 2.45) is 4.99 Å². The van der Waals surface area contributed by atoms with Crippen LogP contribution in [0.5, 0.6) is 5.75 Å². The van der Waals surface area contributed by atoms with Crippen LogP contribution >= 0.6 is 0 Å². The van der Waals surface area contributed by atoms with Gasteiger partial charge in [-0.2, -0.15) is 0 Å². The fourth-order valence-corrected chi connectivity index (χ4v) is 2.73. The van der Waals surface area contributed by atoms with Crippen molar-refractivity contribution in [3.8, 4) is 5.75 Å². The molecule has 6 nitrogen and oxygen atoms in total. The van der Waals surface area contributed by atoms with Crippen LogP contribution in [0.3, 0.4) is 0 Å². The first kappa shape index (κ1) is 19.9. The molecular weight excluding hydrogens is 361 g/mol. The van der Waals surface area contributed by atoms with E-state index in [2.05, 4.69) is 10.3 Å². The molecule has 1 atom stereocenters. The molecule has 148 valence electrons. The molecule has 1 aliphatic heterocycles. The summed E-state index contributed by atoms with van der Waals surface area (Å²) >= 11 is 0. The molecule has 0 fully saturated rings. The van der Waals surface area contributed by atoms with Crippen molar-refractivity contribution in [3.05, 3.63) is 77.4 Å². The van der Waals surface area contributed by atoms with E-state index < -0.39 is 12.2 Å². The third kappa shape index (κ3) is 5.31. The molecule has 1 heterocycles. The number of nitrogens with one attached hydrogen (secondary N) is 1. The molecule has 1 aliphatic rings. The summed E-state index contributed by atoms with van der Waals surface area (Å²) in [5.41, 5.74) is 2.00. The Morgan fingerprint density at radius 3 is 2.64 bits per heavy atom. The van der Waals surface area contributed by atoms with E-state index in [-0.39, 0.29) is 12.6 Å². The number of halogens is 1. The molecule has 0 spiro atoms. The first-order valence-corrected chi connectivity index (χ1v) is 8.93. The van der Waals surface area contributed by atoms with Gasteiger partial charge >= 0.3 is 0 Å². The molecule has 0 radical (unpaired) electrons. The molecule has 2 aromatic carbocycles. The van der Waals surface area contributed by atoms with E-state index in [9.17, 15) is 4.39 Å². The van der Waals surface area contributed by atoms with Gasteiger partial charge in [0.15, 0.2) is 5.83 Å². The number of methoxy groups -OCH3 is 1. The summed E-state index contributed by atoms with van der Waals surface area (Å²) in [6, 6.07) is 17.4. The maximum absolute atomic E-state index is 14.2. The predicted octanol–water partition coefficient (Wildman–Crippen LogP) is 3.41. The lowest BCUT2D eigenvalue weighted by Gasteiger charge is -2.31. The Hall–Kier alpha value is -2.90. The van der Waals surface area contributed by atoms with E-state index in [4.69, 9.17) is 14.2 Å². The van der Waals surface area contributed by atoms with Crippen molar-refractivity contribution in [1.29, 1.82) is 0 Å². The van der Waals surface area contributed by atoms with Crippen LogP contribution in [0.25, 0.3) is 0 Å². The summed E-state index contributed by atoms with van der Waals surface area (Å²) in [7, 11) is 3.33. The molecule has 2 aromatic rings. The molecule has 1 N–H and O–H groups in total. The van der Waals surface area contributed by atoms with Crippen LogP contribution in [0.1, 0.15) is 11.1 Å². The lowest BCUT2D eigenvalue weighted by atomic mass is 10.2. The zero-order valence-electron chi connectivity index (χ0n) is 16.0. The summed E-state index contributed by atoms with van der Waals surface area (Å²) in [5, 5.41) is 2.95. The number of aliphatic imine (C=N–C) groups is 1. The van der Waals surface area contributed by atoms with Gasteiger partial charge in [-0.05, 0) is 23.3 Å². The van der Waals surface area contributed by atoms with Crippen molar-refractivity contribution >= 4 is 6.21 Å². The van der Waals surface area contributed by atoms with E-state index >= 15 is 0 Å². The molecule has 0 aliphatic carbocycles. The van der Waals surface area contributed by atoms with Gasteiger partial charge in [-0.3, -0.25) is 0 Å². The van der Waals surface area contributed by atoms with E-state index in [1.807, 2.05) is 54.6 Å². The number of rotatable bonds is 9. The Bertz CT molecular complexity index is 827. The Balaban J connectivity index is 1.50. The first-order chi connectivity index (χ1) is 13.7. The van der Waals surface area contributed by atoms with Gasteiger partial charge in [0.1, 0.15) is 18.3 Å². The summed E-state index contributed by atoms with van der Waals surface area (Å²) in [4.78, 5) is 5.71. The van der Waals surface area contributed by atoms with Gasteiger partial charge in [0.05, 0.1) is 26.5 Å². The Labute approximate surface area is 164 Å². The second-order valence-electron chi connectivity index (χ2n) is 6.23. The van der Waals surface area contributed by atoms with Crippen molar-refractivity contribution in [3.63, 3.8) is 0 Å². The quantitative estimate of drug-likeness (QED) is 0.530. The van der Waals surface area contributed by atoms with Gasteiger partial charge in [0, 0.05) is 7.05 Å². The van der Waals surface area contributed by atoms with Crippen LogP contribution in [0.15, 0.2) is 71.2 Å². The second kappa shape index (κ2) is 9.87. The number of hydrogen-bond acceptors (Lipinski definition) is 6. The third-order valence-electron chi connectivity index (χ3n) is 4.21. The van der Waals surface area contributed by atoms with Crippen LogP contribution in [0.4, 0.5) is 4.39 Å². The third-order valence-corrected chi connectivity index (χ3v) is 4.21. The molecule has 7 heteroatoms. The molecule has 0 saturated heterocycles. The van der Waals surface area contributed by atoms with E-state index in [0.717, 1.165) is 23.1 Å². The van der Waals surface area contributed by atoms with Gasteiger partial charge < -0.3 is 24.4 Å². The van der Waals surface area contributed by atoms with Crippen LogP contribution in [-0.4, -0.2) is 38.4 Å². The Morgan fingerprint density at radius 1 is 1.07 bits per heavy atom. The number of allylic oxidation sites excluding steroid dienone is 1. The maximum Gasteiger partial charge on any atom is 0.229 e. The molecule has 0 amide bonds. The van der Waals surface area contributed by atoms with Crippen LogP contribution in [0, 0.1) is 0 Å². The second-order valence-corrected chi connectivity index (χ2v) is 6.23. The lowest BCUT2D eigenvalue weighted by Crippen LogP contribution is -2.41. The molecule has 28 heavy (non-hydrogen) atoms. The molecule has 3 rings (SSSR count). The number of ether oxygens (including phenoxy) is 3. The SMILES string of the molecule is COc1cccc(COC2N=CC(F)=C(NCOCc3ccccc3)N2C)c1. The predicted molar refractivity (Wildman–Crippen MR) is 105 cm³/mol. The normalized spacial score (nSPS) is 16.4. The standard InChI is InChI=1S/C21H24FN3O3/c1-25-20(24-15-27-13-16-7-4-3-5-8-16)19(22)12-23-21(25)28-14-17-9-6-10-18(11-17)26-2/h3-12,21,24H,13-15H2,1-2H3. The zero-order valence-corrected chi connectivity index (χ0v) is 16.0. The number of nitrogens with zero attached hydrogens (tertiary/aromatic N) is 2. The summed E-state index contributed by atoms with van der Waals surface area (Å²) in [6.07, 6.45) is 0.526. The van der Waals surface area contributed by atoms with Crippen LogP contribution in [-0.2, 0) is 22.7 Å². The highest BCUT2D eigenvalue weighted by Gasteiger charge is 2.23. The van der Waals surface area contributed by atoms with Gasteiger partial charge in [-0.15, -0.1) is 0 Å². The molecular formula is C21H24FN3O3. The molecule has 1 unspecified atom stereocenters. The minimum Gasteiger partial charge on any atom is -0.497 e. The number of hydrogen-bond donors (Lipinski definition) is 1. The van der Waals surface area contributed by atoms with E-state index in [1.54, 1.807) is 19.1 Å². The van der Waals surface area contributed by atoms with Crippen molar-refractivity contribution < 1.29 is 18.6 Å². The Kier molecular flexibility index (Phi) is 7.00. The lowest BCUT2D eigenvalue weighted by molar-refractivity contribution is -0.0439. The van der Waals surface area contributed by atoms with Gasteiger partial charge in [0.25, 0.3) is 0 Å². The highest BCUT2D eigenvalue weighted by atomic mass is 19.1. The highest BCUT2D eigenvalue weighted by molar-refractivity contribution is 5.77. The smallest absolute Gasteiger partial charge is 0.229 e. The molecule has 0 saturated carbocycles. The van der Waals surface area contributed by atoms with Crippen molar-refractivity contribution in [2.75, 3.05) is 20.9 Å². The average Bonchev–Trinajstić information content (AvgIpc) is 2.73. The average molecular weight is 385 g/mol. The minimum absolute atomic E-state index is 0.165. The summed E-state index contributed by atoms with van der Waals surface area (Å²) in [5.74, 6) is 0.566. The largest absolute Gasteiger partial charge is 0.497 e. The fourth-order valence-electron chi connectivity index (χ4n) is 2.73. The maximum atomic E-state index is 14.2. The van der Waals surface area contributed by atoms with Crippen molar-refractivity contribution in [1.82, 2.24) is 10.2 Å². The Morgan fingerprint density at radius 2 is 1.86 bits per heavy atom. The zero-order chi connectivity index (χ0) is 19.8. The van der Waals surface area contributed by atoms with Crippen LogP contribution in [0.2, 0.25) is 0 Å². The summed E-state index contributed by atoms with van der Waals surface area (Å²) < 4.78 is 30.8.